The topological polar surface area (TPSA) is 83.8 Å². The minimum atomic E-state index is -4.30. The summed E-state index contributed by atoms with van der Waals surface area (Å²) in [5.74, 6) is 0.462. The number of aromatic hydroxyl groups is 1. The fourth-order valence-corrected chi connectivity index (χ4v) is 2.89. The fourth-order valence-electron chi connectivity index (χ4n) is 2.38. The molecule has 0 heterocycles. The van der Waals surface area contributed by atoms with Gasteiger partial charge in [-0.3, -0.25) is 4.55 Å². The van der Waals surface area contributed by atoms with Crippen LogP contribution in [0.3, 0.4) is 0 Å². The van der Waals surface area contributed by atoms with Crippen LogP contribution in [0.1, 0.15) is 38.2 Å². The Balaban J connectivity index is 2.14. The smallest absolute Gasteiger partial charge is 0.294 e. The number of phenolic OH excluding ortho intramolecular Hbond substituents is 1. The summed E-state index contributed by atoms with van der Waals surface area (Å²) in [5, 5.41) is 9.94. The molecule has 2 N–H and O–H groups in total. The summed E-state index contributed by atoms with van der Waals surface area (Å²) >= 11 is 0. The molecule has 5 nitrogen and oxygen atoms in total. The van der Waals surface area contributed by atoms with E-state index in [2.05, 4.69) is 6.92 Å². The maximum atomic E-state index is 11.2. The van der Waals surface area contributed by atoms with Crippen molar-refractivity contribution in [3.63, 3.8) is 0 Å². The molecule has 0 radical (unpaired) electrons. The molecule has 0 bridgehead atoms. The zero-order valence-electron chi connectivity index (χ0n) is 13.6. The average molecular weight is 350 g/mol. The van der Waals surface area contributed by atoms with Gasteiger partial charge in [0.1, 0.15) is 5.75 Å². The first-order valence-electron chi connectivity index (χ1n) is 7.97. The molecule has 0 fully saturated rings. The summed E-state index contributed by atoms with van der Waals surface area (Å²) in [6, 6.07) is 10.7. The third-order valence-corrected chi connectivity index (χ3v) is 4.52. The minimum Gasteiger partial charge on any atom is -0.504 e. The zero-order chi connectivity index (χ0) is 17.6. The molecular weight excluding hydrogens is 328 g/mol. The summed E-state index contributed by atoms with van der Waals surface area (Å²) in [6.45, 7) is 2.16. The first kappa shape index (κ1) is 18.3. The van der Waals surface area contributed by atoms with Crippen LogP contribution in [-0.4, -0.2) is 18.1 Å². The van der Waals surface area contributed by atoms with Crippen molar-refractivity contribution in [3.05, 3.63) is 48.0 Å². The normalized spacial score (nSPS) is 11.4. The van der Waals surface area contributed by atoms with E-state index >= 15 is 0 Å². The molecule has 130 valence electrons. The van der Waals surface area contributed by atoms with E-state index in [1.54, 1.807) is 18.2 Å². The minimum absolute atomic E-state index is 0.0235. The molecule has 0 aromatic heterocycles. The summed E-state index contributed by atoms with van der Waals surface area (Å²) in [4.78, 5) is -0.254. The van der Waals surface area contributed by atoms with E-state index in [1.807, 2.05) is 6.07 Å². The molecule has 0 amide bonds. The summed E-state index contributed by atoms with van der Waals surface area (Å²) in [5.41, 5.74) is 1.05. The number of aryl methyl sites for hydroxylation is 1. The monoisotopic (exact) mass is 350 g/mol. The predicted molar refractivity (Wildman–Crippen MR) is 92.3 cm³/mol. The molecule has 0 unspecified atom stereocenters. The van der Waals surface area contributed by atoms with Crippen molar-refractivity contribution in [1.29, 1.82) is 0 Å². The maximum Gasteiger partial charge on any atom is 0.294 e. The van der Waals surface area contributed by atoms with Gasteiger partial charge in [0, 0.05) is 6.07 Å². The van der Waals surface area contributed by atoms with Crippen LogP contribution in [0.2, 0.25) is 0 Å². The average Bonchev–Trinajstić information content (AvgIpc) is 2.54. The van der Waals surface area contributed by atoms with Gasteiger partial charge in [0.05, 0.1) is 4.90 Å². The van der Waals surface area contributed by atoms with Crippen LogP contribution in [0.25, 0.3) is 0 Å². The Morgan fingerprint density at radius 1 is 1.04 bits per heavy atom. The first-order valence-corrected chi connectivity index (χ1v) is 9.41. The lowest BCUT2D eigenvalue weighted by Gasteiger charge is -2.10. The van der Waals surface area contributed by atoms with Gasteiger partial charge in [-0.2, -0.15) is 8.42 Å². The van der Waals surface area contributed by atoms with E-state index in [9.17, 15) is 13.5 Å². The van der Waals surface area contributed by atoms with Crippen LogP contribution in [0, 0.1) is 0 Å². The Morgan fingerprint density at radius 3 is 2.54 bits per heavy atom. The van der Waals surface area contributed by atoms with Gasteiger partial charge in [-0.05, 0) is 42.7 Å². The fraction of sp³-hybridized carbons (Fsp3) is 0.333. The Morgan fingerprint density at radius 2 is 1.83 bits per heavy atom. The van der Waals surface area contributed by atoms with Crippen molar-refractivity contribution >= 4 is 10.1 Å². The number of unbranched alkanes of at least 4 members (excludes halogenated alkanes) is 3. The van der Waals surface area contributed by atoms with Crippen molar-refractivity contribution in [2.45, 2.75) is 43.9 Å². The van der Waals surface area contributed by atoms with Crippen molar-refractivity contribution in [2.24, 2.45) is 0 Å². The van der Waals surface area contributed by atoms with Gasteiger partial charge in [-0.15, -0.1) is 0 Å². The highest BCUT2D eigenvalue weighted by Crippen LogP contribution is 2.32. The highest BCUT2D eigenvalue weighted by Gasteiger charge is 2.12. The van der Waals surface area contributed by atoms with Crippen molar-refractivity contribution in [1.82, 2.24) is 0 Å². The lowest BCUT2D eigenvalue weighted by Crippen LogP contribution is -1.98. The van der Waals surface area contributed by atoms with E-state index < -0.39 is 10.1 Å². The van der Waals surface area contributed by atoms with E-state index in [0.717, 1.165) is 24.8 Å². The second-order valence-electron chi connectivity index (χ2n) is 5.66. The van der Waals surface area contributed by atoms with Crippen LogP contribution in [0.4, 0.5) is 0 Å². The lowest BCUT2D eigenvalue weighted by atomic mass is 10.1. The van der Waals surface area contributed by atoms with Gasteiger partial charge in [0.2, 0.25) is 0 Å². The number of hydrogen-bond donors (Lipinski definition) is 2. The predicted octanol–water partition coefficient (Wildman–Crippen LogP) is 4.55. The standard InChI is InChI=1S/C18H22O5S/c1-2-3-4-5-7-14-10-11-17(19)18(12-14)23-15-8-6-9-16(13-15)24(20,21)22/h6,8-13,19H,2-5,7H2,1H3,(H,20,21,22). The van der Waals surface area contributed by atoms with Crippen molar-refractivity contribution < 1.29 is 22.8 Å². The Kier molecular flexibility index (Phi) is 6.23. The molecule has 0 saturated carbocycles. The van der Waals surface area contributed by atoms with E-state index in [0.29, 0.717) is 0 Å². The third kappa shape index (κ3) is 5.25. The van der Waals surface area contributed by atoms with E-state index in [-0.39, 0.29) is 22.1 Å². The maximum absolute atomic E-state index is 11.2. The summed E-state index contributed by atoms with van der Waals surface area (Å²) in [6.07, 6.45) is 5.49. The summed E-state index contributed by atoms with van der Waals surface area (Å²) in [7, 11) is -4.30. The molecule has 6 heteroatoms. The van der Waals surface area contributed by atoms with Gasteiger partial charge in [0.25, 0.3) is 10.1 Å². The van der Waals surface area contributed by atoms with Gasteiger partial charge in [-0.1, -0.05) is 38.3 Å². The summed E-state index contributed by atoms with van der Waals surface area (Å²) < 4.78 is 37.0. The van der Waals surface area contributed by atoms with Gasteiger partial charge < -0.3 is 9.84 Å². The molecule has 2 rings (SSSR count). The highest BCUT2D eigenvalue weighted by atomic mass is 32.2. The number of ether oxygens (including phenoxy) is 1. The second kappa shape index (κ2) is 8.17. The quantitative estimate of drug-likeness (QED) is 0.539. The van der Waals surface area contributed by atoms with Crippen LogP contribution in [0.5, 0.6) is 17.2 Å². The van der Waals surface area contributed by atoms with Gasteiger partial charge in [-0.25, -0.2) is 0 Å². The van der Waals surface area contributed by atoms with Crippen LogP contribution < -0.4 is 4.74 Å². The Bertz CT molecular complexity index is 784. The Hall–Kier alpha value is -2.05. The second-order valence-corrected chi connectivity index (χ2v) is 7.09. The SMILES string of the molecule is CCCCCCc1ccc(O)c(Oc2cccc(S(=O)(=O)O)c2)c1. The number of rotatable bonds is 8. The molecular formula is C18H22O5S. The molecule has 24 heavy (non-hydrogen) atoms. The number of benzene rings is 2. The first-order chi connectivity index (χ1) is 11.4. The van der Waals surface area contributed by atoms with E-state index in [1.165, 1.54) is 31.0 Å². The largest absolute Gasteiger partial charge is 0.504 e. The third-order valence-electron chi connectivity index (χ3n) is 3.67. The molecule has 2 aromatic rings. The van der Waals surface area contributed by atoms with Gasteiger partial charge >= 0.3 is 0 Å². The Labute approximate surface area is 142 Å². The highest BCUT2D eigenvalue weighted by molar-refractivity contribution is 7.85. The molecule has 0 atom stereocenters. The number of hydrogen-bond acceptors (Lipinski definition) is 4. The molecule has 0 aliphatic heterocycles. The lowest BCUT2D eigenvalue weighted by molar-refractivity contribution is 0.409. The van der Waals surface area contributed by atoms with Crippen LogP contribution in [0.15, 0.2) is 47.4 Å². The van der Waals surface area contributed by atoms with Gasteiger partial charge in [0.15, 0.2) is 11.5 Å². The molecule has 2 aromatic carbocycles. The molecule has 0 spiro atoms. The zero-order valence-corrected chi connectivity index (χ0v) is 14.4. The van der Waals surface area contributed by atoms with E-state index in [4.69, 9.17) is 9.29 Å². The molecule has 0 aliphatic rings. The molecule has 0 aliphatic carbocycles. The number of phenols is 1. The van der Waals surface area contributed by atoms with Crippen molar-refractivity contribution in [2.75, 3.05) is 0 Å². The van der Waals surface area contributed by atoms with Crippen LogP contribution >= 0.6 is 0 Å². The van der Waals surface area contributed by atoms with Crippen LogP contribution in [-0.2, 0) is 16.5 Å². The molecule has 0 saturated heterocycles. The van der Waals surface area contributed by atoms with Crippen molar-refractivity contribution in [3.8, 4) is 17.2 Å².